The zero-order valence-corrected chi connectivity index (χ0v) is 7.28. The molecule has 2 heteroatoms. The molecular weight excluding hydrogens is 136 g/mol. The second kappa shape index (κ2) is 3.46. The summed E-state index contributed by atoms with van der Waals surface area (Å²) in [6.07, 6.45) is 5.29. The third kappa shape index (κ3) is 2.00. The van der Waals surface area contributed by atoms with Gasteiger partial charge in [-0.15, -0.1) is 0 Å². The van der Waals surface area contributed by atoms with E-state index in [1.165, 1.54) is 0 Å². The van der Waals surface area contributed by atoms with Crippen molar-refractivity contribution >= 4 is 0 Å². The molecule has 1 aromatic heterocycles. The van der Waals surface area contributed by atoms with Crippen LogP contribution in [0.3, 0.4) is 0 Å². The van der Waals surface area contributed by atoms with E-state index >= 15 is 0 Å². The minimum atomic E-state index is 0.503. The van der Waals surface area contributed by atoms with E-state index < -0.39 is 0 Å². The molecule has 0 N–H and O–H groups in total. The smallest absolute Gasteiger partial charge is 0.0617 e. The van der Waals surface area contributed by atoms with Crippen LogP contribution in [0.4, 0.5) is 0 Å². The van der Waals surface area contributed by atoms with Crippen LogP contribution >= 0.6 is 0 Å². The zero-order chi connectivity index (χ0) is 8.27. The Morgan fingerprint density at radius 3 is 2.36 bits per heavy atom. The van der Waals surface area contributed by atoms with Crippen molar-refractivity contribution in [1.82, 2.24) is 9.97 Å². The van der Waals surface area contributed by atoms with Crippen LogP contribution in [0.1, 0.15) is 32.4 Å². The molecule has 0 aliphatic carbocycles. The highest BCUT2D eigenvalue weighted by molar-refractivity contribution is 5.02. The summed E-state index contributed by atoms with van der Waals surface area (Å²) in [5.74, 6) is 1.13. The van der Waals surface area contributed by atoms with Gasteiger partial charge in [0, 0.05) is 24.5 Å². The molecule has 0 amide bonds. The molecule has 1 atom stereocenters. The maximum atomic E-state index is 4.24. The van der Waals surface area contributed by atoms with Gasteiger partial charge in [0.2, 0.25) is 0 Å². The summed E-state index contributed by atoms with van der Waals surface area (Å²) in [5.41, 5.74) is 1.09. The van der Waals surface area contributed by atoms with Gasteiger partial charge in [0.05, 0.1) is 5.69 Å². The zero-order valence-electron chi connectivity index (χ0n) is 7.28. The molecule has 0 bridgehead atoms. The Kier molecular flexibility index (Phi) is 2.58. The number of hydrogen-bond acceptors (Lipinski definition) is 2. The normalized spacial score (nSPS) is 13.5. The Hall–Kier alpha value is -0.920. The van der Waals surface area contributed by atoms with Crippen LogP contribution in [0.25, 0.3) is 0 Å². The van der Waals surface area contributed by atoms with E-state index in [4.69, 9.17) is 0 Å². The van der Waals surface area contributed by atoms with E-state index in [-0.39, 0.29) is 0 Å². The highest BCUT2D eigenvalue weighted by Crippen LogP contribution is 2.19. The molecule has 60 valence electrons. The monoisotopic (exact) mass is 150 g/mol. The largest absolute Gasteiger partial charge is 0.261 e. The molecule has 1 aromatic rings. The highest BCUT2D eigenvalue weighted by atomic mass is 14.8. The van der Waals surface area contributed by atoms with E-state index in [1.54, 1.807) is 12.4 Å². The Morgan fingerprint density at radius 1 is 1.18 bits per heavy atom. The van der Waals surface area contributed by atoms with Crippen molar-refractivity contribution in [2.24, 2.45) is 5.92 Å². The minimum absolute atomic E-state index is 0.503. The molecule has 0 fully saturated rings. The Labute approximate surface area is 67.7 Å². The topological polar surface area (TPSA) is 25.8 Å². The lowest BCUT2D eigenvalue weighted by Gasteiger charge is -2.13. The first-order chi connectivity index (χ1) is 5.22. The molecular formula is C9H14N2. The maximum Gasteiger partial charge on any atom is 0.0617 e. The number of hydrogen-bond donors (Lipinski definition) is 0. The summed E-state index contributed by atoms with van der Waals surface area (Å²) >= 11 is 0. The first-order valence-electron chi connectivity index (χ1n) is 3.97. The third-order valence-corrected chi connectivity index (χ3v) is 2.05. The molecule has 0 saturated heterocycles. The predicted molar refractivity (Wildman–Crippen MR) is 45.3 cm³/mol. The second-order valence-corrected chi connectivity index (χ2v) is 3.16. The van der Waals surface area contributed by atoms with E-state index in [0.29, 0.717) is 11.8 Å². The van der Waals surface area contributed by atoms with Crippen LogP contribution in [-0.2, 0) is 0 Å². The lowest BCUT2D eigenvalue weighted by Crippen LogP contribution is -2.04. The molecule has 2 nitrogen and oxygen atoms in total. The molecule has 0 radical (unpaired) electrons. The van der Waals surface area contributed by atoms with Crippen molar-refractivity contribution in [1.29, 1.82) is 0 Å². The Bertz CT molecular complexity index is 206. The molecule has 11 heavy (non-hydrogen) atoms. The maximum absolute atomic E-state index is 4.24. The quantitative estimate of drug-likeness (QED) is 0.646. The summed E-state index contributed by atoms with van der Waals surface area (Å²) in [6, 6.07) is 0. The van der Waals surface area contributed by atoms with Crippen LogP contribution in [-0.4, -0.2) is 9.97 Å². The van der Waals surface area contributed by atoms with Crippen LogP contribution in [0.2, 0.25) is 0 Å². The van der Waals surface area contributed by atoms with E-state index in [0.717, 1.165) is 5.69 Å². The third-order valence-electron chi connectivity index (χ3n) is 2.05. The van der Waals surface area contributed by atoms with Crippen molar-refractivity contribution in [3.8, 4) is 0 Å². The molecule has 0 saturated carbocycles. The second-order valence-electron chi connectivity index (χ2n) is 3.16. The fourth-order valence-electron chi connectivity index (χ4n) is 0.887. The Morgan fingerprint density at radius 2 is 1.91 bits per heavy atom. The van der Waals surface area contributed by atoms with E-state index in [1.807, 2.05) is 6.20 Å². The Balaban J connectivity index is 2.77. The van der Waals surface area contributed by atoms with Crippen LogP contribution in [0, 0.1) is 5.92 Å². The highest BCUT2D eigenvalue weighted by Gasteiger charge is 2.10. The summed E-state index contributed by atoms with van der Waals surface area (Å²) < 4.78 is 0. The van der Waals surface area contributed by atoms with Crippen molar-refractivity contribution in [3.05, 3.63) is 24.3 Å². The van der Waals surface area contributed by atoms with Gasteiger partial charge < -0.3 is 0 Å². The fourth-order valence-corrected chi connectivity index (χ4v) is 0.887. The molecule has 0 aromatic carbocycles. The van der Waals surface area contributed by atoms with Gasteiger partial charge in [0.25, 0.3) is 0 Å². The first kappa shape index (κ1) is 8.18. The van der Waals surface area contributed by atoms with Crippen LogP contribution in [0.15, 0.2) is 18.6 Å². The lowest BCUT2D eigenvalue weighted by atomic mass is 9.95. The number of nitrogens with zero attached hydrogens (tertiary/aromatic N) is 2. The fraction of sp³-hybridized carbons (Fsp3) is 0.556. The molecule has 0 unspecified atom stereocenters. The van der Waals surface area contributed by atoms with Crippen molar-refractivity contribution in [3.63, 3.8) is 0 Å². The van der Waals surface area contributed by atoms with Crippen molar-refractivity contribution in [2.75, 3.05) is 0 Å². The molecule has 0 aliphatic heterocycles. The lowest BCUT2D eigenvalue weighted by molar-refractivity contribution is 0.522. The molecule has 0 aliphatic rings. The van der Waals surface area contributed by atoms with Gasteiger partial charge in [-0.05, 0) is 5.92 Å². The van der Waals surface area contributed by atoms with E-state index in [2.05, 4.69) is 30.7 Å². The van der Waals surface area contributed by atoms with Gasteiger partial charge in [-0.1, -0.05) is 20.8 Å². The molecule has 1 heterocycles. The van der Waals surface area contributed by atoms with Gasteiger partial charge in [-0.3, -0.25) is 9.97 Å². The molecule has 1 rings (SSSR count). The molecule has 0 spiro atoms. The first-order valence-corrected chi connectivity index (χ1v) is 3.97. The van der Waals surface area contributed by atoms with Gasteiger partial charge in [-0.25, -0.2) is 0 Å². The van der Waals surface area contributed by atoms with Gasteiger partial charge in [0.1, 0.15) is 0 Å². The predicted octanol–water partition coefficient (Wildman–Crippen LogP) is 2.24. The number of rotatable bonds is 2. The van der Waals surface area contributed by atoms with Gasteiger partial charge >= 0.3 is 0 Å². The van der Waals surface area contributed by atoms with Gasteiger partial charge in [0.15, 0.2) is 0 Å². The van der Waals surface area contributed by atoms with E-state index in [9.17, 15) is 0 Å². The van der Waals surface area contributed by atoms with Crippen LogP contribution < -0.4 is 0 Å². The summed E-state index contributed by atoms with van der Waals surface area (Å²) in [4.78, 5) is 8.26. The van der Waals surface area contributed by atoms with Crippen LogP contribution in [0.5, 0.6) is 0 Å². The minimum Gasteiger partial charge on any atom is -0.261 e. The SMILES string of the molecule is CC(C)[C@@H](C)c1cnccn1. The summed E-state index contributed by atoms with van der Waals surface area (Å²) in [5, 5.41) is 0. The van der Waals surface area contributed by atoms with Crippen molar-refractivity contribution < 1.29 is 0 Å². The average Bonchev–Trinajstić information content (AvgIpc) is 2.05. The van der Waals surface area contributed by atoms with Crippen molar-refractivity contribution in [2.45, 2.75) is 26.7 Å². The van der Waals surface area contributed by atoms with Gasteiger partial charge in [-0.2, -0.15) is 0 Å². The standard InChI is InChI=1S/C9H14N2/c1-7(2)8(3)9-6-10-4-5-11-9/h4-8H,1-3H3/t8-/m1/s1. The number of aromatic nitrogens is 2. The summed E-state index contributed by atoms with van der Waals surface area (Å²) in [7, 11) is 0. The summed E-state index contributed by atoms with van der Waals surface area (Å²) in [6.45, 7) is 6.56. The average molecular weight is 150 g/mol.